The Balaban J connectivity index is 1.12. The van der Waals surface area contributed by atoms with E-state index in [9.17, 15) is 14.4 Å². The molecule has 3 aliphatic rings. The van der Waals surface area contributed by atoms with Crippen LogP contribution in [0.3, 0.4) is 0 Å². The number of piperazine rings is 1. The molecule has 5 rings (SSSR count). The van der Waals surface area contributed by atoms with E-state index in [0.29, 0.717) is 32.2 Å². The van der Waals surface area contributed by atoms with Crippen molar-refractivity contribution < 1.29 is 9.59 Å². The van der Waals surface area contributed by atoms with Crippen molar-refractivity contribution >= 4 is 17.8 Å². The minimum atomic E-state index is -0.541. The van der Waals surface area contributed by atoms with Crippen LogP contribution in [0.15, 0.2) is 41.3 Å². The molecule has 1 aromatic heterocycles. The van der Waals surface area contributed by atoms with Crippen LogP contribution < -0.4 is 22.5 Å². The van der Waals surface area contributed by atoms with Crippen LogP contribution in [0.1, 0.15) is 26.3 Å². The van der Waals surface area contributed by atoms with Crippen molar-refractivity contribution in [2.75, 3.05) is 51.1 Å². The Kier molecular flexibility index (Phi) is 8.25. The highest BCUT2D eigenvalue weighted by Gasteiger charge is 2.55. The smallest absolute Gasteiger partial charge is 0.338 e. The third-order valence-corrected chi connectivity index (χ3v) is 8.96. The second kappa shape index (κ2) is 11.7. The van der Waals surface area contributed by atoms with Gasteiger partial charge in [-0.2, -0.15) is 4.98 Å². The first-order valence-corrected chi connectivity index (χ1v) is 14.4. The van der Waals surface area contributed by atoms with Crippen molar-refractivity contribution in [3.05, 3.63) is 52.6 Å². The molecule has 0 spiro atoms. The van der Waals surface area contributed by atoms with Crippen LogP contribution in [0.2, 0.25) is 0 Å². The predicted octanol–water partition coefficient (Wildman–Crippen LogP) is 0.959. The number of carbonyl (C=O) groups is 2. The molecule has 1 saturated carbocycles. The number of aromatic nitrogens is 2. The minimum absolute atomic E-state index is 0.0549. The summed E-state index contributed by atoms with van der Waals surface area (Å²) in [7, 11) is 0. The van der Waals surface area contributed by atoms with Crippen molar-refractivity contribution in [3.63, 3.8) is 0 Å². The van der Waals surface area contributed by atoms with Crippen LogP contribution >= 0.6 is 0 Å². The Morgan fingerprint density at radius 3 is 2.20 bits per heavy atom. The number of fused-ring (bicyclic) bond motifs is 1. The SMILES string of the molecule is CC(C)[C@@H](N)C(=O)N1CCN(C(=O)Nc2ccn(-c3ccc(CC(C)N4C[C@@H]5C(CN)[C@@H]5C4)cc3)c(=O)n2)CC1. The third kappa shape index (κ3) is 5.91. The monoisotopic (exact) mass is 550 g/mol. The van der Waals surface area contributed by atoms with Gasteiger partial charge in [-0.3, -0.25) is 19.6 Å². The number of piperidine rings is 1. The minimum Gasteiger partial charge on any atom is -0.338 e. The molecule has 2 aliphatic heterocycles. The maximum absolute atomic E-state index is 12.8. The van der Waals surface area contributed by atoms with Crippen molar-refractivity contribution in [1.29, 1.82) is 0 Å². The van der Waals surface area contributed by atoms with Gasteiger partial charge in [0.1, 0.15) is 5.82 Å². The molecule has 3 fully saturated rings. The number of hydrogen-bond acceptors (Lipinski definition) is 7. The number of benzene rings is 1. The maximum atomic E-state index is 12.8. The molecule has 40 heavy (non-hydrogen) atoms. The maximum Gasteiger partial charge on any atom is 0.354 e. The number of nitrogens with one attached hydrogen (secondary N) is 1. The largest absolute Gasteiger partial charge is 0.354 e. The summed E-state index contributed by atoms with van der Waals surface area (Å²) in [4.78, 5) is 47.9. The first-order chi connectivity index (χ1) is 19.2. The van der Waals surface area contributed by atoms with Gasteiger partial charge in [0, 0.05) is 51.5 Å². The first-order valence-electron chi connectivity index (χ1n) is 14.4. The number of urea groups is 1. The van der Waals surface area contributed by atoms with Crippen LogP contribution in [-0.4, -0.2) is 94.1 Å². The van der Waals surface area contributed by atoms with E-state index in [2.05, 4.69) is 34.3 Å². The van der Waals surface area contributed by atoms with Gasteiger partial charge in [0.15, 0.2) is 0 Å². The zero-order valence-electron chi connectivity index (χ0n) is 23.7. The molecule has 2 unspecified atom stereocenters. The summed E-state index contributed by atoms with van der Waals surface area (Å²) in [5.41, 5.74) is 13.3. The van der Waals surface area contributed by atoms with Crippen LogP contribution in [-0.2, 0) is 11.2 Å². The molecule has 216 valence electrons. The summed E-state index contributed by atoms with van der Waals surface area (Å²) >= 11 is 0. The quantitative estimate of drug-likeness (QED) is 0.444. The average molecular weight is 551 g/mol. The van der Waals surface area contributed by atoms with Crippen molar-refractivity contribution in [2.24, 2.45) is 35.1 Å². The number of rotatable bonds is 8. The molecule has 11 nitrogen and oxygen atoms in total. The van der Waals surface area contributed by atoms with E-state index in [-0.39, 0.29) is 23.7 Å². The lowest BCUT2D eigenvalue weighted by Crippen LogP contribution is -2.56. The van der Waals surface area contributed by atoms with Crippen LogP contribution in [0.5, 0.6) is 0 Å². The van der Waals surface area contributed by atoms with Gasteiger partial charge in [-0.25, -0.2) is 9.59 Å². The summed E-state index contributed by atoms with van der Waals surface area (Å²) in [6.45, 7) is 10.8. The molecule has 5 N–H and O–H groups in total. The lowest BCUT2D eigenvalue weighted by molar-refractivity contribution is -0.134. The Labute approximate surface area is 235 Å². The van der Waals surface area contributed by atoms with Crippen LogP contribution in [0.25, 0.3) is 5.69 Å². The van der Waals surface area contributed by atoms with Crippen molar-refractivity contribution in [3.8, 4) is 5.69 Å². The molecule has 5 atom stereocenters. The fourth-order valence-corrected chi connectivity index (χ4v) is 6.14. The zero-order valence-corrected chi connectivity index (χ0v) is 23.7. The van der Waals surface area contributed by atoms with Gasteiger partial charge in [0.25, 0.3) is 0 Å². The number of anilines is 1. The number of nitrogens with zero attached hydrogens (tertiary/aromatic N) is 5. The highest BCUT2D eigenvalue weighted by molar-refractivity contribution is 5.88. The molecule has 1 aliphatic carbocycles. The lowest BCUT2D eigenvalue weighted by atomic mass is 10.0. The molecule has 3 amide bonds. The van der Waals surface area contributed by atoms with Crippen molar-refractivity contribution in [1.82, 2.24) is 24.3 Å². The molecule has 11 heteroatoms. The second-order valence-corrected chi connectivity index (χ2v) is 11.9. The molecule has 3 heterocycles. The van der Waals surface area contributed by atoms with Gasteiger partial charge in [-0.05, 0) is 67.3 Å². The van der Waals surface area contributed by atoms with Gasteiger partial charge in [0.2, 0.25) is 5.91 Å². The lowest BCUT2D eigenvalue weighted by Gasteiger charge is -2.36. The third-order valence-electron chi connectivity index (χ3n) is 8.96. The summed E-state index contributed by atoms with van der Waals surface area (Å²) in [5.74, 6) is 2.47. The van der Waals surface area contributed by atoms with Gasteiger partial charge < -0.3 is 21.3 Å². The van der Waals surface area contributed by atoms with E-state index >= 15 is 0 Å². The molecule has 0 bridgehead atoms. The van der Waals surface area contributed by atoms with Gasteiger partial charge >= 0.3 is 11.7 Å². The molecule has 2 saturated heterocycles. The summed E-state index contributed by atoms with van der Waals surface area (Å²) in [6.07, 6.45) is 2.58. The van der Waals surface area contributed by atoms with Crippen molar-refractivity contribution in [2.45, 2.75) is 39.3 Å². The molecule has 0 radical (unpaired) electrons. The van der Waals surface area contributed by atoms with E-state index in [1.807, 2.05) is 26.0 Å². The first kappa shape index (κ1) is 28.3. The summed E-state index contributed by atoms with van der Waals surface area (Å²) in [5, 5.41) is 2.71. The van der Waals surface area contributed by atoms with Gasteiger partial charge in [-0.15, -0.1) is 0 Å². The topological polar surface area (TPSA) is 143 Å². The van der Waals surface area contributed by atoms with E-state index < -0.39 is 11.7 Å². The normalized spacial score (nSPS) is 24.1. The number of amides is 3. The Hall–Kier alpha value is -3.28. The summed E-state index contributed by atoms with van der Waals surface area (Å²) < 4.78 is 1.46. The van der Waals surface area contributed by atoms with Gasteiger partial charge in [0.05, 0.1) is 11.7 Å². The fourth-order valence-electron chi connectivity index (χ4n) is 6.14. The molecular weight excluding hydrogens is 508 g/mol. The van der Waals surface area contributed by atoms with E-state index in [1.165, 1.54) is 10.1 Å². The zero-order chi connectivity index (χ0) is 28.6. The number of carbonyl (C=O) groups excluding carboxylic acids is 2. The Morgan fingerprint density at radius 1 is 1.00 bits per heavy atom. The Morgan fingerprint density at radius 2 is 1.62 bits per heavy atom. The second-order valence-electron chi connectivity index (χ2n) is 11.9. The predicted molar refractivity (Wildman–Crippen MR) is 154 cm³/mol. The van der Waals surface area contributed by atoms with E-state index in [4.69, 9.17) is 11.5 Å². The highest BCUT2D eigenvalue weighted by Crippen LogP contribution is 2.51. The molecule has 1 aromatic carbocycles. The van der Waals surface area contributed by atoms with Crippen LogP contribution in [0.4, 0.5) is 10.6 Å². The highest BCUT2D eigenvalue weighted by atomic mass is 16.2. The van der Waals surface area contributed by atoms with E-state index in [0.717, 1.165) is 49.5 Å². The molecule has 2 aromatic rings. The Bertz CT molecular complexity index is 1260. The number of likely N-dealkylation sites (tertiary alicyclic amines) is 1. The number of nitrogens with two attached hydrogens (primary N) is 2. The van der Waals surface area contributed by atoms with Gasteiger partial charge in [-0.1, -0.05) is 26.0 Å². The average Bonchev–Trinajstić information content (AvgIpc) is 3.42. The fraction of sp³-hybridized carbons (Fsp3) is 0.586. The van der Waals surface area contributed by atoms with Crippen LogP contribution in [0, 0.1) is 23.7 Å². The summed E-state index contributed by atoms with van der Waals surface area (Å²) in [6, 6.07) is 9.17. The number of hydrogen-bond donors (Lipinski definition) is 3. The van der Waals surface area contributed by atoms with E-state index in [1.54, 1.807) is 22.1 Å². The molecular formula is C29H42N8O3. The standard InChI is InChI=1S/C29H42N8O3/c1-18(2)26(31)27(38)34-10-12-35(13-11-34)28(39)32-25-8-9-37(29(40)33-25)21-6-4-20(5-7-21)14-19(3)36-16-23-22(15-30)24(23)17-36/h4-9,18-19,22-24,26H,10-17,30-31H2,1-3H3,(H,32,33,39,40)/t19?,22?,23-,24+,26-/m1/s1.